The number of isocyanates is 1. The molecule has 1 aromatic carbocycles. The summed E-state index contributed by atoms with van der Waals surface area (Å²) < 4.78 is 0. The van der Waals surface area contributed by atoms with Gasteiger partial charge in [0, 0.05) is 11.6 Å². The number of hydrogen-bond donors (Lipinski definition) is 1. The molecule has 1 heterocycles. The fraction of sp³-hybridized carbons (Fsp3) is 0. The molecule has 1 aromatic heterocycles. The molecular formula is C11H7N3O2. The van der Waals surface area contributed by atoms with E-state index in [9.17, 15) is 9.59 Å². The minimum absolute atomic E-state index is 0.245. The molecule has 78 valence electrons. The van der Waals surface area contributed by atoms with Gasteiger partial charge in [0.2, 0.25) is 6.08 Å². The van der Waals surface area contributed by atoms with Crippen molar-refractivity contribution in [2.24, 2.45) is 4.99 Å². The summed E-state index contributed by atoms with van der Waals surface area (Å²) in [6.45, 7) is 0. The van der Waals surface area contributed by atoms with Crippen molar-refractivity contribution in [2.45, 2.75) is 0 Å². The lowest BCUT2D eigenvalue weighted by atomic mass is 10.1. The molecule has 0 aliphatic carbocycles. The lowest BCUT2D eigenvalue weighted by molar-refractivity contribution is 0.565. The highest BCUT2D eigenvalue weighted by atomic mass is 16.1. The second-order valence-electron chi connectivity index (χ2n) is 3.06. The number of hydrogen-bond acceptors (Lipinski definition) is 4. The van der Waals surface area contributed by atoms with Crippen molar-refractivity contribution < 1.29 is 4.79 Å². The molecule has 0 aliphatic heterocycles. The molecule has 0 unspecified atom stereocenters. The largest absolute Gasteiger partial charge is 0.268 e. The van der Waals surface area contributed by atoms with Gasteiger partial charge in [0.15, 0.2) is 0 Å². The summed E-state index contributed by atoms with van der Waals surface area (Å²) in [6, 6.07) is 9.89. The number of aromatic nitrogens is 2. The van der Waals surface area contributed by atoms with Gasteiger partial charge in [-0.15, -0.1) is 0 Å². The number of aliphatic imine (C=N–C) groups is 1. The van der Waals surface area contributed by atoms with E-state index in [-0.39, 0.29) is 5.56 Å². The van der Waals surface area contributed by atoms with E-state index in [1.165, 1.54) is 12.1 Å². The van der Waals surface area contributed by atoms with Crippen LogP contribution in [0.4, 0.5) is 5.69 Å². The van der Waals surface area contributed by atoms with Crippen LogP contribution in [0, 0.1) is 0 Å². The van der Waals surface area contributed by atoms with Crippen LogP contribution in [0.1, 0.15) is 0 Å². The summed E-state index contributed by atoms with van der Waals surface area (Å²) in [7, 11) is 0. The molecule has 0 atom stereocenters. The van der Waals surface area contributed by atoms with E-state index in [1.54, 1.807) is 30.3 Å². The zero-order valence-corrected chi connectivity index (χ0v) is 8.18. The van der Waals surface area contributed by atoms with Crippen LogP contribution in [0.15, 0.2) is 46.2 Å². The molecule has 16 heavy (non-hydrogen) atoms. The van der Waals surface area contributed by atoms with Gasteiger partial charge >= 0.3 is 0 Å². The molecule has 0 spiro atoms. The van der Waals surface area contributed by atoms with Crippen molar-refractivity contribution in [3.05, 3.63) is 46.8 Å². The summed E-state index contributed by atoms with van der Waals surface area (Å²) in [6.07, 6.45) is 1.46. The topological polar surface area (TPSA) is 75.2 Å². The fourth-order valence-corrected chi connectivity index (χ4v) is 1.26. The molecule has 5 heteroatoms. The Morgan fingerprint density at radius 1 is 1.12 bits per heavy atom. The van der Waals surface area contributed by atoms with Gasteiger partial charge in [-0.1, -0.05) is 12.1 Å². The zero-order chi connectivity index (χ0) is 11.4. The predicted octanol–water partition coefficient (Wildman–Crippen LogP) is 1.40. The number of carbonyl (C=O) groups excluding carboxylic acids is 1. The standard InChI is InChI=1S/C11H7N3O2/c15-7-12-9-3-1-8(2-4-9)10-5-6-11(16)14-13-10/h1-6H,(H,14,16). The SMILES string of the molecule is O=C=Nc1ccc(-c2ccc(=O)[nH]n2)cc1. The Morgan fingerprint density at radius 2 is 1.88 bits per heavy atom. The van der Waals surface area contributed by atoms with Crippen molar-refractivity contribution in [3.8, 4) is 11.3 Å². The molecule has 2 rings (SSSR count). The molecule has 0 radical (unpaired) electrons. The summed E-state index contributed by atoms with van der Waals surface area (Å²) in [5.41, 5.74) is 1.77. The number of H-pyrrole nitrogens is 1. The maximum absolute atomic E-state index is 10.8. The minimum Gasteiger partial charge on any atom is -0.268 e. The lowest BCUT2D eigenvalue weighted by Gasteiger charge is -1.98. The van der Waals surface area contributed by atoms with Crippen LogP contribution >= 0.6 is 0 Å². The minimum atomic E-state index is -0.245. The molecule has 0 saturated carbocycles. The van der Waals surface area contributed by atoms with E-state index in [1.807, 2.05) is 0 Å². The van der Waals surface area contributed by atoms with E-state index in [2.05, 4.69) is 15.2 Å². The number of nitrogens with one attached hydrogen (secondary N) is 1. The van der Waals surface area contributed by atoms with E-state index >= 15 is 0 Å². The van der Waals surface area contributed by atoms with Crippen LogP contribution < -0.4 is 5.56 Å². The smallest absolute Gasteiger partial charge is 0.264 e. The van der Waals surface area contributed by atoms with Crippen LogP contribution in [0.2, 0.25) is 0 Å². The molecule has 0 amide bonds. The van der Waals surface area contributed by atoms with Gasteiger partial charge in [0.05, 0.1) is 11.4 Å². The normalized spacial score (nSPS) is 9.50. The Hall–Kier alpha value is -2.52. The van der Waals surface area contributed by atoms with Crippen molar-refractivity contribution in [2.75, 3.05) is 0 Å². The van der Waals surface area contributed by atoms with Crippen molar-refractivity contribution in [1.29, 1.82) is 0 Å². The summed E-state index contributed by atoms with van der Waals surface area (Å²) in [5, 5.41) is 6.23. The molecular weight excluding hydrogens is 206 g/mol. The molecule has 0 saturated heterocycles. The van der Waals surface area contributed by atoms with Crippen LogP contribution in [0.3, 0.4) is 0 Å². The van der Waals surface area contributed by atoms with Crippen LogP contribution in [-0.2, 0) is 4.79 Å². The van der Waals surface area contributed by atoms with E-state index in [0.29, 0.717) is 11.4 Å². The maximum atomic E-state index is 10.8. The van der Waals surface area contributed by atoms with Crippen LogP contribution in [-0.4, -0.2) is 16.3 Å². The van der Waals surface area contributed by atoms with Crippen molar-refractivity contribution in [3.63, 3.8) is 0 Å². The third-order valence-corrected chi connectivity index (χ3v) is 2.02. The fourth-order valence-electron chi connectivity index (χ4n) is 1.26. The monoisotopic (exact) mass is 213 g/mol. The quantitative estimate of drug-likeness (QED) is 0.605. The molecule has 1 N–H and O–H groups in total. The van der Waals surface area contributed by atoms with Gasteiger partial charge in [-0.2, -0.15) is 10.1 Å². The first-order chi connectivity index (χ1) is 7.79. The Kier molecular flexibility index (Phi) is 2.71. The average molecular weight is 213 g/mol. The highest BCUT2D eigenvalue weighted by molar-refractivity contribution is 5.62. The van der Waals surface area contributed by atoms with Crippen LogP contribution in [0.5, 0.6) is 0 Å². The van der Waals surface area contributed by atoms with E-state index in [0.717, 1.165) is 5.56 Å². The Bertz CT molecular complexity index is 575. The summed E-state index contributed by atoms with van der Waals surface area (Å²) >= 11 is 0. The van der Waals surface area contributed by atoms with E-state index < -0.39 is 0 Å². The third-order valence-electron chi connectivity index (χ3n) is 2.02. The van der Waals surface area contributed by atoms with Crippen molar-refractivity contribution in [1.82, 2.24) is 10.2 Å². The van der Waals surface area contributed by atoms with Gasteiger partial charge < -0.3 is 0 Å². The number of aromatic amines is 1. The second-order valence-corrected chi connectivity index (χ2v) is 3.06. The molecule has 5 nitrogen and oxygen atoms in total. The predicted molar refractivity (Wildman–Crippen MR) is 58.1 cm³/mol. The number of benzene rings is 1. The molecule has 0 aliphatic rings. The highest BCUT2D eigenvalue weighted by Gasteiger charge is 1.98. The molecule has 2 aromatic rings. The van der Waals surface area contributed by atoms with Gasteiger partial charge in [-0.25, -0.2) is 9.89 Å². The first kappa shape index (κ1) is 10.0. The first-order valence-electron chi connectivity index (χ1n) is 4.53. The first-order valence-corrected chi connectivity index (χ1v) is 4.53. The number of rotatable bonds is 2. The number of nitrogens with zero attached hydrogens (tertiary/aromatic N) is 2. The van der Waals surface area contributed by atoms with Gasteiger partial charge in [-0.3, -0.25) is 4.79 Å². The van der Waals surface area contributed by atoms with Crippen molar-refractivity contribution >= 4 is 11.8 Å². The Morgan fingerprint density at radius 3 is 2.44 bits per heavy atom. The maximum Gasteiger partial charge on any atom is 0.264 e. The third kappa shape index (κ3) is 2.10. The zero-order valence-electron chi connectivity index (χ0n) is 8.18. The average Bonchev–Trinajstić information content (AvgIpc) is 2.32. The Balaban J connectivity index is 2.38. The summed E-state index contributed by atoms with van der Waals surface area (Å²) in [4.78, 5) is 24.3. The highest BCUT2D eigenvalue weighted by Crippen LogP contribution is 2.19. The lowest BCUT2D eigenvalue weighted by Crippen LogP contribution is -2.05. The Labute approximate surface area is 90.5 Å². The molecule has 0 bridgehead atoms. The van der Waals surface area contributed by atoms with Gasteiger partial charge in [0.25, 0.3) is 5.56 Å². The molecule has 0 fully saturated rings. The second kappa shape index (κ2) is 4.33. The van der Waals surface area contributed by atoms with E-state index in [4.69, 9.17) is 0 Å². The summed E-state index contributed by atoms with van der Waals surface area (Å²) in [5.74, 6) is 0. The van der Waals surface area contributed by atoms with Crippen LogP contribution in [0.25, 0.3) is 11.3 Å². The van der Waals surface area contributed by atoms with Gasteiger partial charge in [0.1, 0.15) is 0 Å². The van der Waals surface area contributed by atoms with Gasteiger partial charge in [-0.05, 0) is 18.2 Å².